The second kappa shape index (κ2) is 7.53. The Hall–Kier alpha value is -1.60. The topological polar surface area (TPSA) is 51.0 Å². The van der Waals surface area contributed by atoms with Crippen molar-refractivity contribution in [1.82, 2.24) is 19.7 Å². The van der Waals surface area contributed by atoms with Gasteiger partial charge in [-0.2, -0.15) is 0 Å². The summed E-state index contributed by atoms with van der Waals surface area (Å²) in [4.78, 5) is 15.4. The summed E-state index contributed by atoms with van der Waals surface area (Å²) in [6.45, 7) is 9.15. The molecule has 128 valence electrons. The van der Waals surface area contributed by atoms with Gasteiger partial charge < -0.3 is 4.90 Å². The van der Waals surface area contributed by atoms with Crippen molar-refractivity contribution in [2.45, 2.75) is 37.9 Å². The largest absolute Gasteiger partial charge is 0.338 e. The van der Waals surface area contributed by atoms with E-state index in [9.17, 15) is 4.79 Å². The molecule has 1 fully saturated rings. The Bertz CT molecular complexity index is 719. The quantitative estimate of drug-likeness (QED) is 0.528. The molecule has 1 amide bonds. The molecule has 0 unspecified atom stereocenters. The number of hydrogen-bond donors (Lipinski definition) is 0. The van der Waals surface area contributed by atoms with Crippen LogP contribution in [-0.2, 0) is 4.79 Å². The third-order valence-electron chi connectivity index (χ3n) is 3.84. The number of nitrogens with zero attached hydrogens (tertiary/aromatic N) is 4. The number of amides is 1. The average Bonchev–Trinajstić information content (AvgIpc) is 3.09. The summed E-state index contributed by atoms with van der Waals surface area (Å²) in [5.74, 6) is 1.43. The molecule has 2 heterocycles. The molecular formula is C17H22N4OS2. The lowest BCUT2D eigenvalue weighted by Crippen LogP contribution is -2.33. The van der Waals surface area contributed by atoms with Gasteiger partial charge in [-0.25, -0.2) is 0 Å². The number of likely N-dealkylation sites (N-methyl/N-ethyl adjacent to an activating group) is 1. The first-order valence-electron chi connectivity index (χ1n) is 8.14. The molecule has 0 N–H and O–H groups in total. The van der Waals surface area contributed by atoms with Crippen LogP contribution in [0.25, 0.3) is 10.7 Å². The van der Waals surface area contributed by atoms with Gasteiger partial charge in [0.2, 0.25) is 5.91 Å². The van der Waals surface area contributed by atoms with Crippen LogP contribution in [0.5, 0.6) is 0 Å². The maximum Gasteiger partial charge on any atom is 0.233 e. The van der Waals surface area contributed by atoms with Gasteiger partial charge in [0.25, 0.3) is 0 Å². The predicted octanol–water partition coefficient (Wildman–Crippen LogP) is 3.86. The highest BCUT2D eigenvalue weighted by atomic mass is 32.2. The Labute approximate surface area is 150 Å². The number of hydrogen-bond acceptors (Lipinski definition) is 5. The fourth-order valence-electron chi connectivity index (χ4n) is 2.53. The molecule has 0 spiro atoms. The van der Waals surface area contributed by atoms with Crippen LogP contribution in [-0.4, -0.2) is 44.4 Å². The number of thioether (sulfide) groups is 1. The van der Waals surface area contributed by atoms with E-state index in [1.165, 1.54) is 11.8 Å². The molecular weight excluding hydrogens is 340 g/mol. The first-order chi connectivity index (χ1) is 11.6. The number of rotatable bonds is 8. The molecule has 0 aliphatic heterocycles. The number of thiophene rings is 1. The number of carbonyl (C=O) groups is 1. The van der Waals surface area contributed by atoms with E-state index < -0.39 is 0 Å². The molecule has 0 radical (unpaired) electrons. The molecule has 0 aromatic carbocycles. The van der Waals surface area contributed by atoms with E-state index in [0.29, 0.717) is 24.9 Å². The monoisotopic (exact) mass is 362 g/mol. The Morgan fingerprint density at radius 1 is 1.50 bits per heavy atom. The summed E-state index contributed by atoms with van der Waals surface area (Å²) in [6, 6.07) is 4.57. The third kappa shape index (κ3) is 3.89. The van der Waals surface area contributed by atoms with Gasteiger partial charge in [0, 0.05) is 19.1 Å². The molecule has 5 nitrogen and oxygen atoms in total. The van der Waals surface area contributed by atoms with Gasteiger partial charge in [0.05, 0.1) is 10.6 Å². The summed E-state index contributed by atoms with van der Waals surface area (Å²) in [5.41, 5.74) is 0.997. The molecule has 2 aromatic rings. The van der Waals surface area contributed by atoms with E-state index in [4.69, 9.17) is 0 Å². The summed E-state index contributed by atoms with van der Waals surface area (Å²) >= 11 is 3.16. The second-order valence-electron chi connectivity index (χ2n) is 6.04. The van der Waals surface area contributed by atoms with Gasteiger partial charge in [-0.1, -0.05) is 30.0 Å². The van der Waals surface area contributed by atoms with E-state index >= 15 is 0 Å². The van der Waals surface area contributed by atoms with Crippen molar-refractivity contribution in [3.05, 3.63) is 29.7 Å². The molecule has 0 saturated heterocycles. The van der Waals surface area contributed by atoms with Crippen LogP contribution in [0.15, 0.2) is 34.8 Å². The lowest BCUT2D eigenvalue weighted by molar-refractivity contribution is -0.127. The highest BCUT2D eigenvalue weighted by Gasteiger charge is 2.30. The first-order valence-corrected chi connectivity index (χ1v) is 10.0. The van der Waals surface area contributed by atoms with Gasteiger partial charge in [0.1, 0.15) is 0 Å². The van der Waals surface area contributed by atoms with Crippen LogP contribution in [0.4, 0.5) is 0 Å². The minimum atomic E-state index is 0.119. The zero-order valence-electron chi connectivity index (χ0n) is 14.1. The van der Waals surface area contributed by atoms with Gasteiger partial charge >= 0.3 is 0 Å². The Morgan fingerprint density at radius 3 is 2.88 bits per heavy atom. The zero-order valence-corrected chi connectivity index (χ0v) is 15.7. The standard InChI is InChI=1S/C17H22N4OS2/c1-4-20(10-12(2)3)15(22)11-24-17-19-18-16(14-6-5-9-23-14)21(17)13-7-8-13/h5-6,9,13H,2,4,7-8,10-11H2,1,3H3. The van der Waals surface area contributed by atoms with E-state index in [-0.39, 0.29) is 5.91 Å². The minimum absolute atomic E-state index is 0.119. The molecule has 24 heavy (non-hydrogen) atoms. The summed E-state index contributed by atoms with van der Waals surface area (Å²) in [7, 11) is 0. The smallest absolute Gasteiger partial charge is 0.233 e. The SMILES string of the molecule is C=C(C)CN(CC)C(=O)CSc1nnc(-c2cccs2)n1C1CC1. The number of aromatic nitrogens is 3. The normalized spacial score (nSPS) is 13.9. The minimum Gasteiger partial charge on any atom is -0.338 e. The van der Waals surface area contributed by atoms with Crippen molar-refractivity contribution in [2.75, 3.05) is 18.8 Å². The van der Waals surface area contributed by atoms with Gasteiger partial charge in [-0.05, 0) is 38.1 Å². The summed E-state index contributed by atoms with van der Waals surface area (Å²) in [5, 5.41) is 11.6. The highest BCUT2D eigenvalue weighted by Crippen LogP contribution is 2.41. The second-order valence-corrected chi connectivity index (χ2v) is 7.93. The van der Waals surface area contributed by atoms with Crippen molar-refractivity contribution in [1.29, 1.82) is 0 Å². The van der Waals surface area contributed by atoms with Crippen LogP contribution < -0.4 is 0 Å². The third-order valence-corrected chi connectivity index (χ3v) is 5.63. The van der Waals surface area contributed by atoms with Crippen LogP contribution in [0.1, 0.15) is 32.7 Å². The maximum absolute atomic E-state index is 12.4. The lowest BCUT2D eigenvalue weighted by Gasteiger charge is -2.20. The van der Waals surface area contributed by atoms with Gasteiger partial charge in [0.15, 0.2) is 11.0 Å². The van der Waals surface area contributed by atoms with E-state index in [2.05, 4.69) is 27.4 Å². The van der Waals surface area contributed by atoms with Crippen molar-refractivity contribution >= 4 is 29.0 Å². The average molecular weight is 363 g/mol. The zero-order chi connectivity index (χ0) is 17.1. The van der Waals surface area contributed by atoms with E-state index in [1.54, 1.807) is 11.3 Å². The molecule has 0 bridgehead atoms. The molecule has 7 heteroatoms. The van der Waals surface area contributed by atoms with E-state index in [0.717, 1.165) is 34.3 Å². The van der Waals surface area contributed by atoms with Crippen molar-refractivity contribution < 1.29 is 4.79 Å². The molecule has 1 aliphatic carbocycles. The lowest BCUT2D eigenvalue weighted by atomic mass is 10.3. The first kappa shape index (κ1) is 17.2. The summed E-state index contributed by atoms with van der Waals surface area (Å²) < 4.78 is 2.21. The van der Waals surface area contributed by atoms with Crippen LogP contribution in [0.2, 0.25) is 0 Å². The van der Waals surface area contributed by atoms with Crippen molar-refractivity contribution in [2.24, 2.45) is 0 Å². The number of carbonyl (C=O) groups excluding carboxylic acids is 1. The van der Waals surface area contributed by atoms with Crippen LogP contribution >= 0.6 is 23.1 Å². The van der Waals surface area contributed by atoms with Crippen LogP contribution in [0, 0.1) is 0 Å². The van der Waals surface area contributed by atoms with E-state index in [1.807, 2.05) is 30.2 Å². The molecule has 2 aromatic heterocycles. The Kier molecular flexibility index (Phi) is 5.40. The van der Waals surface area contributed by atoms with Crippen molar-refractivity contribution in [3.63, 3.8) is 0 Å². The molecule has 1 saturated carbocycles. The van der Waals surface area contributed by atoms with Gasteiger partial charge in [-0.3, -0.25) is 9.36 Å². The fourth-order valence-corrected chi connectivity index (χ4v) is 4.14. The molecule has 3 rings (SSSR count). The Balaban J connectivity index is 1.71. The highest BCUT2D eigenvalue weighted by molar-refractivity contribution is 7.99. The molecule has 1 aliphatic rings. The Morgan fingerprint density at radius 2 is 2.29 bits per heavy atom. The van der Waals surface area contributed by atoms with Crippen molar-refractivity contribution in [3.8, 4) is 10.7 Å². The molecule has 0 atom stereocenters. The predicted molar refractivity (Wildman–Crippen MR) is 99.4 cm³/mol. The summed E-state index contributed by atoms with van der Waals surface area (Å²) in [6.07, 6.45) is 2.32. The fraction of sp³-hybridized carbons (Fsp3) is 0.471. The van der Waals surface area contributed by atoms with Gasteiger partial charge in [-0.15, -0.1) is 21.5 Å². The van der Waals surface area contributed by atoms with Crippen LogP contribution in [0.3, 0.4) is 0 Å². The maximum atomic E-state index is 12.4.